The molecule has 1 unspecified atom stereocenters. The lowest BCUT2D eigenvalue weighted by molar-refractivity contribution is -0.117. The van der Waals surface area contributed by atoms with E-state index in [2.05, 4.69) is 36.2 Å². The number of halogens is 1. The number of para-hydroxylation sites is 1. The van der Waals surface area contributed by atoms with Crippen LogP contribution in [-0.4, -0.2) is 23.9 Å². The van der Waals surface area contributed by atoms with Gasteiger partial charge in [-0.25, -0.2) is 4.39 Å². The van der Waals surface area contributed by atoms with Crippen LogP contribution in [0.15, 0.2) is 54.6 Å². The van der Waals surface area contributed by atoms with Crippen LogP contribution in [0.1, 0.15) is 39.4 Å². The molecule has 0 bridgehead atoms. The average Bonchev–Trinajstić information content (AvgIpc) is 3.05. The van der Waals surface area contributed by atoms with Crippen molar-refractivity contribution in [3.05, 3.63) is 86.9 Å². The van der Waals surface area contributed by atoms with Crippen molar-refractivity contribution in [3.63, 3.8) is 0 Å². The van der Waals surface area contributed by atoms with Gasteiger partial charge in [0, 0.05) is 16.3 Å². The van der Waals surface area contributed by atoms with Crippen LogP contribution in [0.2, 0.25) is 0 Å². The Balaban J connectivity index is 1.63. The summed E-state index contributed by atoms with van der Waals surface area (Å²) in [5.74, 6) is -0.605. The molecule has 1 aliphatic heterocycles. The van der Waals surface area contributed by atoms with Crippen LogP contribution in [0.5, 0.6) is 0 Å². The number of nitrogens with zero attached hydrogens (tertiary/aromatic N) is 1. The van der Waals surface area contributed by atoms with Crippen molar-refractivity contribution in [1.29, 1.82) is 0 Å². The smallest absolute Gasteiger partial charge is 0.238 e. The molecule has 0 aliphatic carbocycles. The van der Waals surface area contributed by atoms with Crippen LogP contribution in [0, 0.1) is 12.7 Å². The van der Waals surface area contributed by atoms with E-state index in [9.17, 15) is 9.18 Å². The van der Waals surface area contributed by atoms with E-state index >= 15 is 0 Å². The van der Waals surface area contributed by atoms with E-state index in [0.29, 0.717) is 0 Å². The number of fused-ring (bicyclic) bond motifs is 1. The lowest BCUT2D eigenvalue weighted by atomic mass is 9.91. The summed E-state index contributed by atoms with van der Waals surface area (Å²) in [4.78, 5) is 17.7. The molecule has 3 nitrogen and oxygen atoms in total. The molecule has 0 saturated carbocycles. The molecular formula is C24H25FN2OS. The Labute approximate surface area is 175 Å². The Kier molecular flexibility index (Phi) is 5.79. The summed E-state index contributed by atoms with van der Waals surface area (Å²) in [5, 5.41) is 2.73. The van der Waals surface area contributed by atoms with Gasteiger partial charge < -0.3 is 5.32 Å². The Morgan fingerprint density at radius 1 is 1.17 bits per heavy atom. The second-order valence-electron chi connectivity index (χ2n) is 7.39. The van der Waals surface area contributed by atoms with E-state index in [-0.39, 0.29) is 24.2 Å². The zero-order valence-electron chi connectivity index (χ0n) is 16.7. The highest BCUT2D eigenvalue weighted by molar-refractivity contribution is 7.12. The molecule has 1 aliphatic rings. The van der Waals surface area contributed by atoms with Crippen LogP contribution < -0.4 is 5.32 Å². The molecule has 1 N–H and O–H groups in total. The highest BCUT2D eigenvalue weighted by Crippen LogP contribution is 2.42. The van der Waals surface area contributed by atoms with E-state index in [1.807, 2.05) is 29.5 Å². The molecule has 0 spiro atoms. The normalized spacial score (nSPS) is 16.4. The van der Waals surface area contributed by atoms with Crippen molar-refractivity contribution in [1.82, 2.24) is 4.90 Å². The molecule has 3 aromatic rings. The van der Waals surface area contributed by atoms with E-state index in [0.717, 1.165) is 19.4 Å². The monoisotopic (exact) mass is 408 g/mol. The minimum absolute atomic E-state index is 0.0512. The molecule has 1 amide bonds. The number of aryl methyl sites for hydroxylation is 1. The first-order valence-corrected chi connectivity index (χ1v) is 10.8. The van der Waals surface area contributed by atoms with Crippen LogP contribution >= 0.6 is 11.3 Å². The summed E-state index contributed by atoms with van der Waals surface area (Å²) in [7, 11) is 0. The number of anilines is 1. The number of rotatable bonds is 5. The first-order valence-electron chi connectivity index (χ1n) is 10.0. The van der Waals surface area contributed by atoms with E-state index < -0.39 is 5.82 Å². The van der Waals surface area contributed by atoms with Crippen molar-refractivity contribution in [2.75, 3.05) is 18.4 Å². The number of carbonyl (C=O) groups excluding carboxylic acids is 1. The second kappa shape index (κ2) is 8.47. The van der Waals surface area contributed by atoms with Gasteiger partial charge in [0.1, 0.15) is 5.82 Å². The molecule has 1 aromatic heterocycles. The first kappa shape index (κ1) is 19.8. The Hall–Kier alpha value is -2.50. The van der Waals surface area contributed by atoms with Gasteiger partial charge in [-0.15, -0.1) is 11.3 Å². The van der Waals surface area contributed by atoms with Crippen molar-refractivity contribution in [2.24, 2.45) is 0 Å². The molecular weight excluding hydrogens is 383 g/mol. The van der Waals surface area contributed by atoms with Crippen molar-refractivity contribution in [2.45, 2.75) is 32.7 Å². The van der Waals surface area contributed by atoms with Gasteiger partial charge in [0.25, 0.3) is 0 Å². The fourth-order valence-corrected chi connectivity index (χ4v) is 5.73. The molecule has 150 valence electrons. The quantitative estimate of drug-likeness (QED) is 0.618. The minimum atomic E-state index is -0.414. The lowest BCUT2D eigenvalue weighted by Crippen LogP contribution is -2.40. The second-order valence-corrected chi connectivity index (χ2v) is 8.65. The third kappa shape index (κ3) is 3.98. The number of benzene rings is 2. The summed E-state index contributed by atoms with van der Waals surface area (Å²) in [6.45, 7) is 5.44. The minimum Gasteiger partial charge on any atom is -0.322 e. The van der Waals surface area contributed by atoms with Gasteiger partial charge >= 0.3 is 0 Å². The van der Waals surface area contributed by atoms with Crippen molar-refractivity contribution in [3.8, 4) is 0 Å². The maximum atomic E-state index is 13.9. The molecule has 29 heavy (non-hydrogen) atoms. The largest absolute Gasteiger partial charge is 0.322 e. The fraction of sp³-hybridized carbons (Fsp3) is 0.292. The Bertz CT molecular complexity index is 1010. The number of hydrogen-bond acceptors (Lipinski definition) is 3. The number of nitrogens with one attached hydrogen (secondary N) is 1. The number of thiophene rings is 1. The molecule has 4 rings (SSSR count). The zero-order chi connectivity index (χ0) is 20.4. The molecule has 0 saturated heterocycles. The van der Waals surface area contributed by atoms with Crippen LogP contribution in [0.25, 0.3) is 0 Å². The predicted octanol–water partition coefficient (Wildman–Crippen LogP) is 5.34. The van der Waals surface area contributed by atoms with E-state index in [1.54, 1.807) is 18.2 Å². The highest BCUT2D eigenvalue weighted by atomic mass is 32.1. The first-order chi connectivity index (χ1) is 14.1. The van der Waals surface area contributed by atoms with Gasteiger partial charge in [-0.2, -0.15) is 0 Å². The standard InChI is InChI=1S/C24H25FN2OS/c1-3-18-16(2)29-24-19(18)13-14-27(23(24)17-9-5-4-6-10-17)15-22(28)26-21-12-8-7-11-20(21)25/h4-12,23H,3,13-15H2,1-2H3,(H,26,28). The van der Waals surface area contributed by atoms with E-state index in [4.69, 9.17) is 0 Å². The van der Waals surface area contributed by atoms with Gasteiger partial charge in [-0.1, -0.05) is 49.4 Å². The van der Waals surface area contributed by atoms with Crippen molar-refractivity contribution < 1.29 is 9.18 Å². The van der Waals surface area contributed by atoms with Crippen molar-refractivity contribution >= 4 is 22.9 Å². The third-order valence-electron chi connectivity index (χ3n) is 5.58. The average molecular weight is 409 g/mol. The number of carbonyl (C=O) groups is 1. The highest BCUT2D eigenvalue weighted by Gasteiger charge is 2.33. The molecule has 1 atom stereocenters. The van der Waals surface area contributed by atoms with Crippen LogP contribution in [0.4, 0.5) is 10.1 Å². The van der Waals surface area contributed by atoms with E-state index in [1.165, 1.54) is 32.5 Å². The maximum Gasteiger partial charge on any atom is 0.238 e. The van der Waals surface area contributed by atoms with Gasteiger partial charge in [0.2, 0.25) is 5.91 Å². The topological polar surface area (TPSA) is 32.3 Å². The lowest BCUT2D eigenvalue weighted by Gasteiger charge is -2.36. The summed E-state index contributed by atoms with van der Waals surface area (Å²) >= 11 is 1.85. The fourth-order valence-electron chi connectivity index (χ4n) is 4.26. The molecule has 0 fully saturated rings. The molecule has 0 radical (unpaired) electrons. The van der Waals surface area contributed by atoms with Crippen LogP contribution in [0.3, 0.4) is 0 Å². The molecule has 2 aromatic carbocycles. The molecule has 2 heterocycles. The summed E-state index contributed by atoms with van der Waals surface area (Å²) in [6, 6.07) is 16.7. The van der Waals surface area contributed by atoms with Gasteiger partial charge in [-0.05, 0) is 48.6 Å². The summed E-state index contributed by atoms with van der Waals surface area (Å²) < 4.78 is 13.9. The number of hydrogen-bond donors (Lipinski definition) is 1. The van der Waals surface area contributed by atoms with Gasteiger partial charge in [0.15, 0.2) is 0 Å². The SMILES string of the molecule is CCc1c(C)sc2c1CCN(CC(=O)Nc1ccccc1F)C2c1ccccc1. The van der Waals surface area contributed by atoms with Gasteiger partial charge in [0.05, 0.1) is 18.3 Å². The maximum absolute atomic E-state index is 13.9. The number of amides is 1. The third-order valence-corrected chi connectivity index (χ3v) is 6.82. The Morgan fingerprint density at radius 3 is 2.62 bits per heavy atom. The predicted molar refractivity (Wildman–Crippen MR) is 117 cm³/mol. The zero-order valence-corrected chi connectivity index (χ0v) is 17.6. The Morgan fingerprint density at radius 2 is 1.90 bits per heavy atom. The summed E-state index contributed by atoms with van der Waals surface area (Å²) in [5.41, 5.74) is 4.33. The van der Waals surface area contributed by atoms with Gasteiger partial charge in [-0.3, -0.25) is 9.69 Å². The van der Waals surface area contributed by atoms with Crippen LogP contribution in [-0.2, 0) is 17.6 Å². The molecule has 5 heteroatoms. The summed E-state index contributed by atoms with van der Waals surface area (Å²) in [6.07, 6.45) is 1.98.